The number of carbonyl (C=O) groups excluding carboxylic acids is 1. The van der Waals surface area contributed by atoms with Crippen LogP contribution in [0.2, 0.25) is 10.0 Å². The molecule has 0 radical (unpaired) electrons. The number of benzene rings is 2. The monoisotopic (exact) mass is 436 g/mol. The number of hydrogen-bond donors (Lipinski definition) is 1. The first-order valence-corrected chi connectivity index (χ1v) is 10.1. The Kier molecular flexibility index (Phi) is 7.14. The molecule has 0 saturated heterocycles. The van der Waals surface area contributed by atoms with Gasteiger partial charge in [0, 0.05) is 27.5 Å². The zero-order valence-corrected chi connectivity index (χ0v) is 17.4. The molecule has 5 nitrogen and oxygen atoms in total. The Hall–Kier alpha value is -2.28. The molecule has 0 atom stereocenters. The van der Waals surface area contributed by atoms with Gasteiger partial charge in [0.15, 0.2) is 16.6 Å². The molecule has 0 spiro atoms. The molecule has 1 N–H and O–H groups in total. The van der Waals surface area contributed by atoms with Crippen molar-refractivity contribution in [1.82, 2.24) is 4.98 Å². The van der Waals surface area contributed by atoms with Gasteiger partial charge in [0.1, 0.15) is 0 Å². The maximum Gasteiger partial charge on any atom is 0.229 e. The molecule has 28 heavy (non-hydrogen) atoms. The molecule has 0 aliphatic heterocycles. The molecule has 2 aromatic carbocycles. The molecule has 146 valence electrons. The maximum absolute atomic E-state index is 12.1. The molecule has 0 aliphatic rings. The quantitative estimate of drug-likeness (QED) is 0.509. The minimum absolute atomic E-state index is 0.166. The van der Waals surface area contributed by atoms with Crippen molar-refractivity contribution in [1.29, 1.82) is 0 Å². The van der Waals surface area contributed by atoms with Crippen LogP contribution in [0.5, 0.6) is 11.5 Å². The number of aromatic nitrogens is 1. The van der Waals surface area contributed by atoms with E-state index in [9.17, 15) is 4.79 Å². The minimum atomic E-state index is -0.166. The van der Waals surface area contributed by atoms with Crippen molar-refractivity contribution in [2.24, 2.45) is 0 Å². The van der Waals surface area contributed by atoms with E-state index in [0.717, 1.165) is 10.4 Å². The molecular formula is C20H18Cl2N2O3S. The van der Waals surface area contributed by atoms with E-state index in [1.54, 1.807) is 37.6 Å². The molecule has 0 fully saturated rings. The summed E-state index contributed by atoms with van der Waals surface area (Å²) < 4.78 is 10.8. The van der Waals surface area contributed by atoms with E-state index < -0.39 is 0 Å². The standard InChI is InChI=1S/C20H18Cl2N2O3S/c1-26-17-4-2-3-5-18(17)27-9-8-19(25)24-20-23-12-15(28-20)10-13-6-7-14(21)11-16(13)22/h2-7,11-12H,8-10H2,1H3,(H,23,24,25). The summed E-state index contributed by atoms with van der Waals surface area (Å²) >= 11 is 13.5. The van der Waals surface area contributed by atoms with E-state index in [2.05, 4.69) is 10.3 Å². The number of rotatable bonds is 8. The summed E-state index contributed by atoms with van der Waals surface area (Å²) in [6, 6.07) is 12.7. The number of ether oxygens (including phenoxy) is 2. The van der Waals surface area contributed by atoms with Crippen LogP contribution in [0.25, 0.3) is 0 Å². The summed E-state index contributed by atoms with van der Waals surface area (Å²) in [5.74, 6) is 1.07. The SMILES string of the molecule is COc1ccccc1OCCC(=O)Nc1ncc(Cc2ccc(Cl)cc2Cl)s1. The lowest BCUT2D eigenvalue weighted by Crippen LogP contribution is -2.15. The van der Waals surface area contributed by atoms with Gasteiger partial charge >= 0.3 is 0 Å². The predicted octanol–water partition coefficient (Wildman–Crippen LogP) is 5.46. The van der Waals surface area contributed by atoms with Gasteiger partial charge in [-0.15, -0.1) is 11.3 Å². The van der Waals surface area contributed by atoms with Crippen molar-refractivity contribution < 1.29 is 14.3 Å². The Labute approximate surface area is 177 Å². The van der Waals surface area contributed by atoms with Gasteiger partial charge < -0.3 is 14.8 Å². The zero-order chi connectivity index (χ0) is 19.9. The van der Waals surface area contributed by atoms with Crippen molar-refractivity contribution in [3.8, 4) is 11.5 Å². The maximum atomic E-state index is 12.1. The van der Waals surface area contributed by atoms with Gasteiger partial charge in [0.25, 0.3) is 0 Å². The molecular weight excluding hydrogens is 419 g/mol. The molecule has 0 unspecified atom stereocenters. The van der Waals surface area contributed by atoms with E-state index in [-0.39, 0.29) is 18.9 Å². The third-order valence-corrected chi connectivity index (χ3v) is 5.34. The third kappa shape index (κ3) is 5.61. The number of para-hydroxylation sites is 2. The summed E-state index contributed by atoms with van der Waals surface area (Å²) in [5, 5.41) is 4.54. The van der Waals surface area contributed by atoms with E-state index >= 15 is 0 Å². The Balaban J connectivity index is 1.49. The molecule has 3 aromatic rings. The van der Waals surface area contributed by atoms with Crippen LogP contribution in [0.4, 0.5) is 5.13 Å². The van der Waals surface area contributed by atoms with Crippen LogP contribution in [0.15, 0.2) is 48.7 Å². The Morgan fingerprint density at radius 3 is 2.71 bits per heavy atom. The van der Waals surface area contributed by atoms with Gasteiger partial charge in [-0.3, -0.25) is 4.79 Å². The first-order valence-electron chi connectivity index (χ1n) is 8.49. The van der Waals surface area contributed by atoms with E-state index in [1.807, 2.05) is 18.2 Å². The summed E-state index contributed by atoms with van der Waals surface area (Å²) in [4.78, 5) is 17.4. The summed E-state index contributed by atoms with van der Waals surface area (Å²) in [6.07, 6.45) is 2.56. The zero-order valence-electron chi connectivity index (χ0n) is 15.1. The second-order valence-electron chi connectivity index (χ2n) is 5.84. The number of anilines is 1. The molecule has 1 heterocycles. The summed E-state index contributed by atoms with van der Waals surface area (Å²) in [7, 11) is 1.58. The lowest BCUT2D eigenvalue weighted by Gasteiger charge is -2.09. The molecule has 0 bridgehead atoms. The molecule has 8 heteroatoms. The van der Waals surface area contributed by atoms with E-state index in [1.165, 1.54) is 11.3 Å². The van der Waals surface area contributed by atoms with Gasteiger partial charge in [-0.25, -0.2) is 4.98 Å². The fourth-order valence-electron chi connectivity index (χ4n) is 2.47. The number of halogens is 2. The van der Waals surface area contributed by atoms with Crippen molar-refractivity contribution in [2.45, 2.75) is 12.8 Å². The number of amides is 1. The molecule has 1 aromatic heterocycles. The van der Waals surface area contributed by atoms with Gasteiger partial charge in [0.2, 0.25) is 5.91 Å². The highest BCUT2D eigenvalue weighted by molar-refractivity contribution is 7.15. The fourth-order valence-corrected chi connectivity index (χ4v) is 3.80. The fraction of sp³-hybridized carbons (Fsp3) is 0.200. The first kappa shape index (κ1) is 20.5. The van der Waals surface area contributed by atoms with Crippen LogP contribution in [0, 0.1) is 0 Å². The van der Waals surface area contributed by atoms with Crippen LogP contribution < -0.4 is 14.8 Å². The number of hydrogen-bond acceptors (Lipinski definition) is 5. The highest BCUT2D eigenvalue weighted by Crippen LogP contribution is 2.27. The van der Waals surface area contributed by atoms with Gasteiger partial charge in [-0.2, -0.15) is 0 Å². The topological polar surface area (TPSA) is 60.5 Å². The Morgan fingerprint density at radius 1 is 1.18 bits per heavy atom. The van der Waals surface area contributed by atoms with Crippen molar-refractivity contribution in [3.63, 3.8) is 0 Å². The van der Waals surface area contributed by atoms with Crippen LogP contribution >= 0.6 is 34.5 Å². The number of nitrogens with zero attached hydrogens (tertiary/aromatic N) is 1. The average Bonchev–Trinajstić information content (AvgIpc) is 3.11. The Bertz CT molecular complexity index is 962. The van der Waals surface area contributed by atoms with Gasteiger partial charge in [-0.05, 0) is 29.8 Å². The van der Waals surface area contributed by atoms with Crippen molar-refractivity contribution >= 4 is 45.6 Å². The second kappa shape index (κ2) is 9.78. The molecule has 3 rings (SSSR count). The molecule has 0 aliphatic carbocycles. The second-order valence-corrected chi connectivity index (χ2v) is 7.80. The van der Waals surface area contributed by atoms with Crippen LogP contribution in [0.1, 0.15) is 16.9 Å². The first-order chi connectivity index (χ1) is 13.5. The van der Waals surface area contributed by atoms with Crippen LogP contribution in [-0.2, 0) is 11.2 Å². The third-order valence-electron chi connectivity index (χ3n) is 3.84. The number of carbonyl (C=O) groups is 1. The van der Waals surface area contributed by atoms with Crippen LogP contribution in [-0.4, -0.2) is 24.6 Å². The molecule has 0 saturated carbocycles. The highest BCUT2D eigenvalue weighted by Gasteiger charge is 2.10. The largest absolute Gasteiger partial charge is 0.493 e. The van der Waals surface area contributed by atoms with Crippen molar-refractivity contribution in [2.75, 3.05) is 19.0 Å². The summed E-state index contributed by atoms with van der Waals surface area (Å²) in [5.41, 5.74) is 0.956. The Morgan fingerprint density at radius 2 is 1.96 bits per heavy atom. The van der Waals surface area contributed by atoms with E-state index in [0.29, 0.717) is 33.1 Å². The van der Waals surface area contributed by atoms with Crippen LogP contribution in [0.3, 0.4) is 0 Å². The van der Waals surface area contributed by atoms with Crippen molar-refractivity contribution in [3.05, 3.63) is 69.1 Å². The number of methoxy groups -OCH3 is 1. The smallest absolute Gasteiger partial charge is 0.229 e. The average molecular weight is 437 g/mol. The lowest BCUT2D eigenvalue weighted by molar-refractivity contribution is -0.116. The van der Waals surface area contributed by atoms with E-state index in [4.69, 9.17) is 32.7 Å². The molecule has 1 amide bonds. The summed E-state index contributed by atoms with van der Waals surface area (Å²) in [6.45, 7) is 0.241. The van der Waals surface area contributed by atoms with Gasteiger partial charge in [0.05, 0.1) is 20.1 Å². The predicted molar refractivity (Wildman–Crippen MR) is 113 cm³/mol. The normalized spacial score (nSPS) is 10.5. The number of thiazole rings is 1. The number of nitrogens with one attached hydrogen (secondary N) is 1. The van der Waals surface area contributed by atoms with Gasteiger partial charge in [-0.1, -0.05) is 41.4 Å². The minimum Gasteiger partial charge on any atom is -0.493 e. The lowest BCUT2D eigenvalue weighted by atomic mass is 10.1. The highest BCUT2D eigenvalue weighted by atomic mass is 35.5.